The van der Waals surface area contributed by atoms with Crippen molar-refractivity contribution in [3.05, 3.63) is 18.2 Å². The van der Waals surface area contributed by atoms with E-state index in [4.69, 9.17) is 4.74 Å². The first-order chi connectivity index (χ1) is 7.33. The Bertz CT molecular complexity index is 305. The number of aliphatic hydroxyl groups excluding tert-OH is 1. The molecular weight excluding hydrogens is 192 g/mol. The fourth-order valence-electron chi connectivity index (χ4n) is 2.10. The Morgan fingerprint density at radius 3 is 3.00 bits per heavy atom. The molecule has 1 unspecified atom stereocenters. The van der Waals surface area contributed by atoms with Crippen molar-refractivity contribution < 1.29 is 9.84 Å². The number of nitrogens with zero attached hydrogens (tertiary/aromatic N) is 2. The van der Waals surface area contributed by atoms with Crippen molar-refractivity contribution in [2.75, 3.05) is 13.2 Å². The molecule has 1 aliphatic heterocycles. The van der Waals surface area contributed by atoms with Gasteiger partial charge in [0.05, 0.1) is 0 Å². The largest absolute Gasteiger partial charge is 0.385 e. The lowest BCUT2D eigenvalue weighted by Gasteiger charge is -2.26. The quantitative estimate of drug-likeness (QED) is 0.819. The van der Waals surface area contributed by atoms with E-state index in [1.165, 1.54) is 0 Å². The van der Waals surface area contributed by atoms with Gasteiger partial charge in [-0.15, -0.1) is 0 Å². The molecule has 1 saturated heterocycles. The van der Waals surface area contributed by atoms with Crippen LogP contribution in [0.2, 0.25) is 0 Å². The summed E-state index contributed by atoms with van der Waals surface area (Å²) in [6, 6.07) is 0. The summed E-state index contributed by atoms with van der Waals surface area (Å²) in [6.07, 6.45) is 5.08. The van der Waals surface area contributed by atoms with Gasteiger partial charge in [-0.1, -0.05) is 0 Å². The van der Waals surface area contributed by atoms with E-state index in [0.717, 1.165) is 38.4 Å². The van der Waals surface area contributed by atoms with Crippen LogP contribution in [0.5, 0.6) is 0 Å². The summed E-state index contributed by atoms with van der Waals surface area (Å²) in [7, 11) is 0. The molecule has 0 aliphatic carbocycles. The lowest BCUT2D eigenvalue weighted by molar-refractivity contribution is 0.00254. The van der Waals surface area contributed by atoms with Gasteiger partial charge in [-0.3, -0.25) is 0 Å². The summed E-state index contributed by atoms with van der Waals surface area (Å²) in [6.45, 7) is 4.43. The van der Waals surface area contributed by atoms with Crippen molar-refractivity contribution >= 4 is 0 Å². The number of aromatic nitrogens is 2. The average molecular weight is 210 g/mol. The number of hydrogen-bond donors (Lipinski definition) is 1. The summed E-state index contributed by atoms with van der Waals surface area (Å²) in [5, 5.41) is 10.2. The zero-order valence-electron chi connectivity index (χ0n) is 9.09. The van der Waals surface area contributed by atoms with Crippen molar-refractivity contribution in [3.8, 4) is 0 Å². The predicted molar refractivity (Wildman–Crippen MR) is 56.4 cm³/mol. The molecule has 0 spiro atoms. The van der Waals surface area contributed by atoms with Crippen LogP contribution in [0.25, 0.3) is 0 Å². The van der Waals surface area contributed by atoms with E-state index in [1.54, 1.807) is 6.20 Å². The highest BCUT2D eigenvalue weighted by molar-refractivity contribution is 4.98. The van der Waals surface area contributed by atoms with Crippen LogP contribution in [0.4, 0.5) is 0 Å². The Labute approximate surface area is 89.9 Å². The van der Waals surface area contributed by atoms with Crippen LogP contribution in [-0.4, -0.2) is 27.9 Å². The van der Waals surface area contributed by atoms with Crippen LogP contribution in [0.15, 0.2) is 12.4 Å². The monoisotopic (exact) mass is 210 g/mol. The molecule has 0 radical (unpaired) electrons. The van der Waals surface area contributed by atoms with Gasteiger partial charge in [-0.2, -0.15) is 0 Å². The van der Waals surface area contributed by atoms with Gasteiger partial charge in [0.2, 0.25) is 0 Å². The van der Waals surface area contributed by atoms with Crippen LogP contribution < -0.4 is 0 Å². The molecule has 2 heterocycles. The van der Waals surface area contributed by atoms with Gasteiger partial charge in [0.1, 0.15) is 11.9 Å². The van der Waals surface area contributed by atoms with Crippen molar-refractivity contribution in [3.63, 3.8) is 0 Å². The highest BCUT2D eigenvalue weighted by Gasteiger charge is 2.26. The lowest BCUT2D eigenvalue weighted by Crippen LogP contribution is -2.24. The fraction of sp³-hybridized carbons (Fsp3) is 0.727. The summed E-state index contributed by atoms with van der Waals surface area (Å²) in [5.74, 6) is 1.09. The number of hydrogen-bond acceptors (Lipinski definition) is 3. The molecule has 0 amide bonds. The molecule has 4 nitrogen and oxygen atoms in total. The first-order valence-corrected chi connectivity index (χ1v) is 5.59. The van der Waals surface area contributed by atoms with E-state index in [1.807, 2.05) is 10.8 Å². The van der Waals surface area contributed by atoms with Crippen molar-refractivity contribution in [2.24, 2.45) is 5.92 Å². The molecule has 1 aromatic rings. The molecule has 0 saturated carbocycles. The second kappa shape index (κ2) is 4.77. The van der Waals surface area contributed by atoms with E-state index in [9.17, 15) is 5.11 Å². The van der Waals surface area contributed by atoms with Crippen molar-refractivity contribution in [1.82, 2.24) is 9.55 Å². The zero-order valence-corrected chi connectivity index (χ0v) is 9.09. The molecule has 1 aromatic heterocycles. The number of aryl methyl sites for hydroxylation is 1. The molecule has 0 bridgehead atoms. The van der Waals surface area contributed by atoms with E-state index in [2.05, 4.69) is 11.9 Å². The highest BCUT2D eigenvalue weighted by Crippen LogP contribution is 2.28. The number of rotatable bonds is 3. The Morgan fingerprint density at radius 1 is 1.60 bits per heavy atom. The normalized spacial score (nSPS) is 20.4. The van der Waals surface area contributed by atoms with Gasteiger partial charge in [-0.25, -0.2) is 4.98 Å². The van der Waals surface area contributed by atoms with Gasteiger partial charge >= 0.3 is 0 Å². The number of aliphatic hydroxyl groups is 1. The Balaban J connectivity index is 2.08. The maximum atomic E-state index is 10.2. The number of ether oxygens (including phenoxy) is 1. The molecule has 4 heteroatoms. The third kappa shape index (κ3) is 2.21. The third-order valence-corrected chi connectivity index (χ3v) is 3.07. The van der Waals surface area contributed by atoms with Crippen LogP contribution >= 0.6 is 0 Å². The summed E-state index contributed by atoms with van der Waals surface area (Å²) in [5.41, 5.74) is 0. The SMILES string of the molecule is CCn1ccnc1C(O)C1CCOCC1. The second-order valence-electron chi connectivity index (χ2n) is 3.97. The van der Waals surface area contributed by atoms with Crippen molar-refractivity contribution in [1.29, 1.82) is 0 Å². The van der Waals surface area contributed by atoms with Crippen LogP contribution in [0.3, 0.4) is 0 Å². The second-order valence-corrected chi connectivity index (χ2v) is 3.97. The molecule has 1 aliphatic rings. The zero-order chi connectivity index (χ0) is 10.7. The lowest BCUT2D eigenvalue weighted by atomic mass is 9.93. The molecule has 84 valence electrons. The molecule has 2 rings (SSSR count). The molecular formula is C11H18N2O2. The topological polar surface area (TPSA) is 47.3 Å². The van der Waals surface area contributed by atoms with E-state index >= 15 is 0 Å². The van der Waals surface area contributed by atoms with Gasteiger partial charge in [0, 0.05) is 32.2 Å². The van der Waals surface area contributed by atoms with Gasteiger partial charge in [-0.05, 0) is 25.7 Å². The predicted octanol–water partition coefficient (Wildman–Crippen LogP) is 1.36. The maximum absolute atomic E-state index is 10.2. The maximum Gasteiger partial charge on any atom is 0.137 e. The Kier molecular flexibility index (Phi) is 3.38. The van der Waals surface area contributed by atoms with Gasteiger partial charge in [0.15, 0.2) is 0 Å². The summed E-state index contributed by atoms with van der Waals surface area (Å²) in [4.78, 5) is 4.23. The van der Waals surface area contributed by atoms with E-state index in [-0.39, 0.29) is 0 Å². The molecule has 0 aromatic carbocycles. The van der Waals surface area contributed by atoms with Gasteiger partial charge in [0.25, 0.3) is 0 Å². The highest BCUT2D eigenvalue weighted by atomic mass is 16.5. The first kappa shape index (κ1) is 10.6. The molecule has 1 N–H and O–H groups in total. The van der Waals surface area contributed by atoms with Crippen LogP contribution in [0, 0.1) is 5.92 Å². The number of imidazole rings is 1. The minimum absolute atomic E-state index is 0.298. The fourth-order valence-corrected chi connectivity index (χ4v) is 2.10. The smallest absolute Gasteiger partial charge is 0.137 e. The Hall–Kier alpha value is -0.870. The average Bonchev–Trinajstić information content (AvgIpc) is 2.77. The summed E-state index contributed by atoms with van der Waals surface area (Å²) >= 11 is 0. The van der Waals surface area contributed by atoms with Crippen LogP contribution in [0.1, 0.15) is 31.7 Å². The standard InChI is InChI=1S/C11H18N2O2/c1-2-13-6-5-12-11(13)10(14)9-3-7-15-8-4-9/h5-6,9-10,14H,2-4,7-8H2,1H3. The minimum Gasteiger partial charge on any atom is -0.385 e. The van der Waals surface area contributed by atoms with E-state index < -0.39 is 6.10 Å². The summed E-state index contributed by atoms with van der Waals surface area (Å²) < 4.78 is 7.29. The van der Waals surface area contributed by atoms with Crippen molar-refractivity contribution in [2.45, 2.75) is 32.4 Å². The molecule has 1 fully saturated rings. The van der Waals surface area contributed by atoms with E-state index in [0.29, 0.717) is 5.92 Å². The van der Waals surface area contributed by atoms with Crippen LogP contribution in [-0.2, 0) is 11.3 Å². The third-order valence-electron chi connectivity index (χ3n) is 3.07. The minimum atomic E-state index is -0.441. The van der Waals surface area contributed by atoms with Gasteiger partial charge < -0.3 is 14.4 Å². The molecule has 1 atom stereocenters. The first-order valence-electron chi connectivity index (χ1n) is 5.59. The Morgan fingerprint density at radius 2 is 2.33 bits per heavy atom. The molecule has 15 heavy (non-hydrogen) atoms.